The first-order chi connectivity index (χ1) is 9.89. The molecule has 2 unspecified atom stereocenters. The fourth-order valence-corrected chi connectivity index (χ4v) is 2.73. The topological polar surface area (TPSA) is 86.7 Å². The lowest BCUT2D eigenvalue weighted by Gasteiger charge is -2.34. The number of aliphatic carboxylic acids is 1. The zero-order chi connectivity index (χ0) is 15.6. The van der Waals surface area contributed by atoms with Crippen molar-refractivity contribution in [3.63, 3.8) is 0 Å². The van der Waals surface area contributed by atoms with E-state index in [2.05, 4.69) is 5.32 Å². The largest absolute Gasteiger partial charge is 0.480 e. The molecule has 0 spiro atoms. The predicted octanol–water partition coefficient (Wildman–Crippen LogP) is 1.00. The first-order valence-corrected chi connectivity index (χ1v) is 7.74. The van der Waals surface area contributed by atoms with Gasteiger partial charge in [-0.25, -0.2) is 4.79 Å². The Morgan fingerprint density at radius 2 is 2.05 bits per heavy atom. The summed E-state index contributed by atoms with van der Waals surface area (Å²) in [5, 5.41) is 11.8. The van der Waals surface area contributed by atoms with Crippen LogP contribution >= 0.6 is 0 Å². The maximum atomic E-state index is 12.3. The Hall–Kier alpha value is -1.59. The molecule has 6 nitrogen and oxygen atoms in total. The molecular weight excluding hydrogens is 272 g/mol. The van der Waals surface area contributed by atoms with Crippen molar-refractivity contribution in [3.05, 3.63) is 0 Å². The summed E-state index contributed by atoms with van der Waals surface area (Å²) in [6.45, 7) is 4.97. The first-order valence-electron chi connectivity index (χ1n) is 7.74. The average Bonchev–Trinajstić information content (AvgIpc) is 3.26. The maximum absolute atomic E-state index is 12.3. The van der Waals surface area contributed by atoms with Gasteiger partial charge in [0, 0.05) is 19.0 Å². The molecule has 0 radical (unpaired) electrons. The lowest BCUT2D eigenvalue weighted by atomic mass is 9.95. The number of nitrogens with one attached hydrogen (secondary N) is 1. The van der Waals surface area contributed by atoms with E-state index in [4.69, 9.17) is 5.11 Å². The smallest absolute Gasteiger partial charge is 0.329 e. The summed E-state index contributed by atoms with van der Waals surface area (Å²) in [6, 6.07) is 0. The molecule has 1 saturated heterocycles. The molecule has 2 aliphatic rings. The Bertz CT molecular complexity index is 445. The standard InChI is InChI=1S/C15H24N2O4/c1-3-10(2)13(19)17-8-4-5-11(9-17)12(18)16-15(6-7-15)14(20)21/h10-11H,3-9H2,1-2H3,(H,16,18)(H,20,21). The summed E-state index contributed by atoms with van der Waals surface area (Å²) < 4.78 is 0. The Kier molecular flexibility index (Phi) is 4.54. The average molecular weight is 296 g/mol. The monoisotopic (exact) mass is 296 g/mol. The second-order valence-corrected chi connectivity index (χ2v) is 6.31. The predicted molar refractivity (Wildman–Crippen MR) is 76.5 cm³/mol. The lowest BCUT2D eigenvalue weighted by Crippen LogP contribution is -2.51. The molecule has 1 aliphatic carbocycles. The van der Waals surface area contributed by atoms with Gasteiger partial charge in [0.2, 0.25) is 11.8 Å². The molecule has 6 heteroatoms. The van der Waals surface area contributed by atoms with E-state index in [-0.39, 0.29) is 23.7 Å². The Morgan fingerprint density at radius 3 is 2.57 bits per heavy atom. The first kappa shape index (κ1) is 15.8. The van der Waals surface area contributed by atoms with Crippen LogP contribution in [0, 0.1) is 11.8 Å². The third-order valence-corrected chi connectivity index (χ3v) is 4.66. The van der Waals surface area contributed by atoms with Gasteiger partial charge in [0.1, 0.15) is 5.54 Å². The number of hydrogen-bond acceptors (Lipinski definition) is 3. The van der Waals surface area contributed by atoms with Gasteiger partial charge in [0.15, 0.2) is 0 Å². The number of hydrogen-bond donors (Lipinski definition) is 2. The molecule has 2 amide bonds. The van der Waals surface area contributed by atoms with Crippen LogP contribution < -0.4 is 5.32 Å². The van der Waals surface area contributed by atoms with Crippen LogP contribution in [-0.2, 0) is 14.4 Å². The minimum absolute atomic E-state index is 0.0272. The van der Waals surface area contributed by atoms with Gasteiger partial charge in [-0.2, -0.15) is 0 Å². The summed E-state index contributed by atoms with van der Waals surface area (Å²) in [7, 11) is 0. The fourth-order valence-electron chi connectivity index (χ4n) is 2.73. The minimum atomic E-state index is -1.04. The van der Waals surface area contributed by atoms with E-state index in [0.29, 0.717) is 32.4 Å². The molecule has 1 saturated carbocycles. The van der Waals surface area contributed by atoms with Crippen molar-refractivity contribution < 1.29 is 19.5 Å². The molecule has 1 aliphatic heterocycles. The van der Waals surface area contributed by atoms with Crippen molar-refractivity contribution in [1.29, 1.82) is 0 Å². The highest BCUT2D eigenvalue weighted by Gasteiger charge is 2.52. The number of amides is 2. The van der Waals surface area contributed by atoms with Gasteiger partial charge in [-0.3, -0.25) is 9.59 Å². The number of nitrogens with zero attached hydrogens (tertiary/aromatic N) is 1. The molecule has 0 aromatic carbocycles. The van der Waals surface area contributed by atoms with Crippen LogP contribution in [0.2, 0.25) is 0 Å². The van der Waals surface area contributed by atoms with Gasteiger partial charge < -0.3 is 15.3 Å². The van der Waals surface area contributed by atoms with Crippen LogP contribution in [-0.4, -0.2) is 46.4 Å². The highest BCUT2D eigenvalue weighted by Crippen LogP contribution is 2.36. The number of carboxylic acid groups (broad SMARTS) is 1. The second-order valence-electron chi connectivity index (χ2n) is 6.31. The van der Waals surface area contributed by atoms with E-state index in [1.165, 1.54) is 0 Å². The molecule has 0 aromatic heterocycles. The molecule has 0 aromatic rings. The van der Waals surface area contributed by atoms with Crippen molar-refractivity contribution in [2.45, 2.75) is 51.5 Å². The van der Waals surface area contributed by atoms with E-state index < -0.39 is 11.5 Å². The summed E-state index contributed by atoms with van der Waals surface area (Å²) in [4.78, 5) is 37.3. The normalized spacial score (nSPS) is 25.0. The molecule has 2 N–H and O–H groups in total. The number of likely N-dealkylation sites (tertiary alicyclic amines) is 1. The third kappa shape index (κ3) is 3.36. The molecule has 2 rings (SSSR count). The van der Waals surface area contributed by atoms with E-state index in [0.717, 1.165) is 12.8 Å². The van der Waals surface area contributed by atoms with E-state index in [1.54, 1.807) is 4.90 Å². The van der Waals surface area contributed by atoms with Crippen LogP contribution in [0.4, 0.5) is 0 Å². The number of piperidine rings is 1. The maximum Gasteiger partial charge on any atom is 0.329 e. The number of carbonyl (C=O) groups excluding carboxylic acids is 2. The molecule has 2 atom stereocenters. The molecule has 21 heavy (non-hydrogen) atoms. The molecule has 118 valence electrons. The van der Waals surface area contributed by atoms with E-state index in [1.807, 2.05) is 13.8 Å². The Balaban J connectivity index is 1.93. The molecule has 2 fully saturated rings. The van der Waals surface area contributed by atoms with E-state index in [9.17, 15) is 14.4 Å². The van der Waals surface area contributed by atoms with Gasteiger partial charge in [0.25, 0.3) is 0 Å². The van der Waals surface area contributed by atoms with Crippen molar-refractivity contribution in [3.8, 4) is 0 Å². The summed E-state index contributed by atoms with van der Waals surface area (Å²) in [5.74, 6) is -1.41. The summed E-state index contributed by atoms with van der Waals surface area (Å²) >= 11 is 0. The minimum Gasteiger partial charge on any atom is -0.480 e. The van der Waals surface area contributed by atoms with Crippen molar-refractivity contribution in [2.24, 2.45) is 11.8 Å². The van der Waals surface area contributed by atoms with E-state index >= 15 is 0 Å². The van der Waals surface area contributed by atoms with Crippen LogP contribution in [0.1, 0.15) is 46.0 Å². The Labute approximate surface area is 124 Å². The summed E-state index contributed by atoms with van der Waals surface area (Å²) in [6.07, 6.45) is 3.28. The van der Waals surface area contributed by atoms with Crippen LogP contribution in [0.15, 0.2) is 0 Å². The number of carbonyl (C=O) groups is 3. The van der Waals surface area contributed by atoms with Gasteiger partial charge >= 0.3 is 5.97 Å². The second kappa shape index (κ2) is 6.03. The quantitative estimate of drug-likeness (QED) is 0.792. The molecule has 1 heterocycles. The fraction of sp³-hybridized carbons (Fsp3) is 0.800. The Morgan fingerprint density at radius 1 is 1.38 bits per heavy atom. The van der Waals surface area contributed by atoms with Gasteiger partial charge in [0.05, 0.1) is 5.92 Å². The van der Waals surface area contributed by atoms with Crippen molar-refractivity contribution in [2.75, 3.05) is 13.1 Å². The van der Waals surface area contributed by atoms with Crippen molar-refractivity contribution >= 4 is 17.8 Å². The molecular formula is C15H24N2O4. The van der Waals surface area contributed by atoms with Gasteiger partial charge in [-0.1, -0.05) is 13.8 Å². The highest BCUT2D eigenvalue weighted by molar-refractivity contribution is 5.90. The zero-order valence-corrected chi connectivity index (χ0v) is 12.7. The van der Waals surface area contributed by atoms with Crippen molar-refractivity contribution in [1.82, 2.24) is 10.2 Å². The van der Waals surface area contributed by atoms with Crippen LogP contribution in [0.3, 0.4) is 0 Å². The van der Waals surface area contributed by atoms with Gasteiger partial charge in [-0.15, -0.1) is 0 Å². The third-order valence-electron chi connectivity index (χ3n) is 4.66. The summed E-state index contributed by atoms with van der Waals surface area (Å²) in [5.41, 5.74) is -1.04. The number of rotatable bonds is 5. The lowest BCUT2D eigenvalue weighted by molar-refractivity contribution is -0.145. The SMILES string of the molecule is CCC(C)C(=O)N1CCCC(C(=O)NC2(C(=O)O)CC2)C1. The highest BCUT2D eigenvalue weighted by atomic mass is 16.4. The zero-order valence-electron chi connectivity index (χ0n) is 12.7. The van der Waals surface area contributed by atoms with Crippen LogP contribution in [0.25, 0.3) is 0 Å². The van der Waals surface area contributed by atoms with Gasteiger partial charge in [-0.05, 0) is 32.1 Å². The number of carboxylic acids is 1. The van der Waals surface area contributed by atoms with Crippen LogP contribution in [0.5, 0.6) is 0 Å². The molecule has 0 bridgehead atoms.